The molecule has 12 heteroatoms. The minimum absolute atomic E-state index is 0.0460. The number of carboxylic acid groups (broad SMARTS) is 1. The third kappa shape index (κ3) is 5.36. The third-order valence-corrected chi connectivity index (χ3v) is 8.16. The van der Waals surface area contributed by atoms with Crippen LogP contribution < -0.4 is 11.1 Å². The SMILES string of the molecule is NC(=O)c1cc(-c2cccnc2[C@H](Cc2cc(F)cc(F)c2)NC(=O)Cn2nc(C(=O)O)c3c2C2CC[C@@H]3C2)ccc1F. The Morgan fingerprint density at radius 1 is 1.05 bits per heavy atom. The summed E-state index contributed by atoms with van der Waals surface area (Å²) in [6.45, 7) is -0.280. The van der Waals surface area contributed by atoms with Crippen molar-refractivity contribution in [3.8, 4) is 11.1 Å². The molecule has 0 radical (unpaired) electrons. The number of fused-ring (bicyclic) bond motifs is 5. The van der Waals surface area contributed by atoms with Crippen LogP contribution in [0.4, 0.5) is 13.2 Å². The fraction of sp³-hybridized carbons (Fsp3) is 0.258. The highest BCUT2D eigenvalue weighted by atomic mass is 19.1. The maximum Gasteiger partial charge on any atom is 0.356 e. The normalized spacial score (nSPS) is 17.5. The first-order valence-corrected chi connectivity index (χ1v) is 13.7. The van der Waals surface area contributed by atoms with E-state index in [4.69, 9.17) is 5.73 Å². The van der Waals surface area contributed by atoms with Crippen LogP contribution in [-0.2, 0) is 17.8 Å². The molecule has 1 saturated carbocycles. The summed E-state index contributed by atoms with van der Waals surface area (Å²) in [5.74, 6) is -4.81. The highest BCUT2D eigenvalue weighted by Crippen LogP contribution is 2.54. The summed E-state index contributed by atoms with van der Waals surface area (Å²) < 4.78 is 43.9. The number of rotatable bonds is 9. The van der Waals surface area contributed by atoms with Crippen LogP contribution in [-0.4, -0.2) is 37.7 Å². The Morgan fingerprint density at radius 2 is 1.79 bits per heavy atom. The number of benzene rings is 2. The van der Waals surface area contributed by atoms with Gasteiger partial charge in [0.15, 0.2) is 5.69 Å². The summed E-state index contributed by atoms with van der Waals surface area (Å²) in [6, 6.07) is 9.14. The zero-order chi connectivity index (χ0) is 30.4. The number of aromatic carboxylic acids is 1. The second-order valence-electron chi connectivity index (χ2n) is 10.9. The van der Waals surface area contributed by atoms with Crippen LogP contribution in [0.15, 0.2) is 54.7 Å². The summed E-state index contributed by atoms with van der Waals surface area (Å²) >= 11 is 0. The second-order valence-corrected chi connectivity index (χ2v) is 10.9. The number of aromatic nitrogens is 3. The van der Waals surface area contributed by atoms with E-state index in [1.54, 1.807) is 12.1 Å². The van der Waals surface area contributed by atoms with Crippen LogP contribution in [0.5, 0.6) is 0 Å². The average Bonchev–Trinajstić information content (AvgIpc) is 3.66. The smallest absolute Gasteiger partial charge is 0.356 e. The van der Waals surface area contributed by atoms with E-state index in [1.165, 1.54) is 23.0 Å². The van der Waals surface area contributed by atoms with Gasteiger partial charge in [-0.25, -0.2) is 18.0 Å². The van der Waals surface area contributed by atoms with Gasteiger partial charge in [0.05, 0.1) is 17.3 Å². The lowest BCUT2D eigenvalue weighted by molar-refractivity contribution is -0.122. The molecule has 2 bridgehead atoms. The lowest BCUT2D eigenvalue weighted by Crippen LogP contribution is -2.34. The summed E-state index contributed by atoms with van der Waals surface area (Å²) in [5, 5.41) is 16.9. The van der Waals surface area contributed by atoms with E-state index in [2.05, 4.69) is 15.4 Å². The fourth-order valence-electron chi connectivity index (χ4n) is 6.47. The van der Waals surface area contributed by atoms with E-state index in [0.29, 0.717) is 22.4 Å². The topological polar surface area (TPSA) is 140 Å². The molecule has 0 saturated heterocycles. The van der Waals surface area contributed by atoms with Crippen LogP contribution in [0.1, 0.15) is 80.5 Å². The summed E-state index contributed by atoms with van der Waals surface area (Å²) in [6.07, 6.45) is 3.99. The van der Waals surface area contributed by atoms with Crippen molar-refractivity contribution in [1.82, 2.24) is 20.1 Å². The molecule has 43 heavy (non-hydrogen) atoms. The Bertz CT molecular complexity index is 1770. The maximum atomic E-state index is 14.3. The van der Waals surface area contributed by atoms with E-state index in [1.807, 2.05) is 0 Å². The number of hydrogen-bond acceptors (Lipinski definition) is 5. The van der Waals surface area contributed by atoms with Gasteiger partial charge in [-0.2, -0.15) is 5.10 Å². The first-order chi connectivity index (χ1) is 20.6. The molecule has 0 spiro atoms. The van der Waals surface area contributed by atoms with Crippen LogP contribution in [0, 0.1) is 17.5 Å². The number of carbonyl (C=O) groups is 3. The number of amides is 2. The molecule has 4 aromatic rings. The molecule has 2 heterocycles. The third-order valence-electron chi connectivity index (χ3n) is 8.16. The van der Waals surface area contributed by atoms with Crippen molar-refractivity contribution in [3.05, 3.63) is 106 Å². The first-order valence-electron chi connectivity index (χ1n) is 13.7. The number of hydrogen-bond donors (Lipinski definition) is 3. The number of carbonyl (C=O) groups excluding carboxylic acids is 2. The summed E-state index contributed by atoms with van der Waals surface area (Å²) in [5.41, 5.74) is 7.75. The Hall–Kier alpha value is -5.00. The second kappa shape index (κ2) is 11.0. The largest absolute Gasteiger partial charge is 0.476 e. The monoisotopic (exact) mass is 589 g/mol. The minimum atomic E-state index is -1.15. The molecular formula is C31H26F3N5O4. The van der Waals surface area contributed by atoms with Crippen LogP contribution in [0.25, 0.3) is 11.1 Å². The lowest BCUT2D eigenvalue weighted by Gasteiger charge is -2.22. The molecule has 9 nitrogen and oxygen atoms in total. The quantitative estimate of drug-likeness (QED) is 0.260. The molecule has 0 aliphatic heterocycles. The zero-order valence-corrected chi connectivity index (χ0v) is 22.7. The van der Waals surface area contributed by atoms with Gasteiger partial charge in [0, 0.05) is 35.0 Å². The van der Waals surface area contributed by atoms with Crippen molar-refractivity contribution in [3.63, 3.8) is 0 Å². The van der Waals surface area contributed by atoms with Crippen molar-refractivity contribution >= 4 is 17.8 Å². The van der Waals surface area contributed by atoms with Crippen molar-refractivity contribution in [1.29, 1.82) is 0 Å². The first kappa shape index (κ1) is 28.1. The Kier molecular flexibility index (Phi) is 7.20. The van der Waals surface area contributed by atoms with Gasteiger partial charge in [-0.3, -0.25) is 19.3 Å². The summed E-state index contributed by atoms with van der Waals surface area (Å²) in [7, 11) is 0. The Labute approximate surface area is 243 Å². The Morgan fingerprint density at radius 3 is 2.51 bits per heavy atom. The van der Waals surface area contributed by atoms with E-state index >= 15 is 0 Å². The van der Waals surface area contributed by atoms with Crippen LogP contribution in [0.3, 0.4) is 0 Å². The number of carboxylic acids is 1. The Balaban J connectivity index is 1.37. The van der Waals surface area contributed by atoms with Gasteiger partial charge in [0.1, 0.15) is 24.0 Å². The van der Waals surface area contributed by atoms with Gasteiger partial charge in [-0.05, 0) is 73.1 Å². The number of pyridine rings is 1. The van der Waals surface area contributed by atoms with E-state index in [-0.39, 0.29) is 41.6 Å². The molecule has 1 fully saturated rings. The van der Waals surface area contributed by atoms with E-state index < -0.39 is 41.3 Å². The predicted molar refractivity (Wildman–Crippen MR) is 148 cm³/mol. The molecule has 220 valence electrons. The molecule has 4 N–H and O–H groups in total. The molecule has 3 atom stereocenters. The van der Waals surface area contributed by atoms with Gasteiger partial charge in [-0.1, -0.05) is 12.1 Å². The van der Waals surface area contributed by atoms with Gasteiger partial charge in [-0.15, -0.1) is 0 Å². The highest BCUT2D eigenvalue weighted by molar-refractivity contribution is 5.94. The predicted octanol–water partition coefficient (Wildman–Crippen LogP) is 4.62. The number of nitrogens with zero attached hydrogens (tertiary/aromatic N) is 3. The van der Waals surface area contributed by atoms with E-state index in [0.717, 1.165) is 49.2 Å². The molecule has 6 rings (SSSR count). The molecule has 1 unspecified atom stereocenters. The van der Waals surface area contributed by atoms with Crippen molar-refractivity contribution in [2.45, 2.75) is 50.1 Å². The highest BCUT2D eigenvalue weighted by Gasteiger charge is 2.44. The van der Waals surface area contributed by atoms with Gasteiger partial charge in [0.2, 0.25) is 5.91 Å². The fourth-order valence-corrected chi connectivity index (χ4v) is 6.47. The number of nitrogens with two attached hydrogens (primary N) is 1. The zero-order valence-electron chi connectivity index (χ0n) is 22.7. The van der Waals surface area contributed by atoms with Gasteiger partial charge in [0.25, 0.3) is 5.91 Å². The van der Waals surface area contributed by atoms with Crippen molar-refractivity contribution < 1.29 is 32.7 Å². The number of nitrogens with one attached hydrogen (secondary N) is 1. The number of halogens is 3. The maximum absolute atomic E-state index is 14.3. The molecule has 2 aromatic heterocycles. The van der Waals surface area contributed by atoms with Gasteiger partial charge < -0.3 is 16.2 Å². The number of primary amides is 1. The van der Waals surface area contributed by atoms with Crippen LogP contribution in [0.2, 0.25) is 0 Å². The molecule has 2 aromatic carbocycles. The average molecular weight is 590 g/mol. The van der Waals surface area contributed by atoms with Crippen molar-refractivity contribution in [2.24, 2.45) is 5.73 Å². The van der Waals surface area contributed by atoms with Crippen LogP contribution >= 0.6 is 0 Å². The standard InChI is InChI=1S/C31H26F3N5O4/c32-19-8-15(9-20(33)13-19)10-24(27-21(2-1-7-36-27)16-5-6-23(34)22(12-16)30(35)41)37-25(40)14-39-29-18-4-3-17(11-18)26(29)28(38-39)31(42)43/h1-2,5-9,12-13,17-18,24H,3-4,10-11,14H2,(H2,35,41)(H,37,40)(H,42,43)/t17-,18?,24+/m1/s1. The van der Waals surface area contributed by atoms with E-state index in [9.17, 15) is 32.7 Å². The lowest BCUT2D eigenvalue weighted by atomic mass is 9.94. The van der Waals surface area contributed by atoms with Gasteiger partial charge >= 0.3 is 5.97 Å². The molecule has 2 amide bonds. The molecule has 2 aliphatic rings. The minimum Gasteiger partial charge on any atom is -0.476 e. The van der Waals surface area contributed by atoms with Crippen molar-refractivity contribution in [2.75, 3.05) is 0 Å². The molecular weight excluding hydrogens is 563 g/mol. The molecule has 2 aliphatic carbocycles. The summed E-state index contributed by atoms with van der Waals surface area (Å²) in [4.78, 5) is 41.7.